The number of nitrogens with zero attached hydrogens (tertiary/aromatic N) is 4. The number of amides is 1. The minimum absolute atomic E-state index is 0.224. The number of carbonyl (C=O) groups is 2. The summed E-state index contributed by atoms with van der Waals surface area (Å²) >= 11 is 1.36. The molecule has 2 aromatic heterocycles. The van der Waals surface area contributed by atoms with Gasteiger partial charge in [-0.05, 0) is 57.0 Å². The van der Waals surface area contributed by atoms with Gasteiger partial charge >= 0.3 is 18.2 Å². The molecular weight excluding hydrogens is 509 g/mol. The smallest absolute Gasteiger partial charge is 0.433 e. The Morgan fingerprint density at radius 3 is 2.46 bits per heavy atom. The lowest BCUT2D eigenvalue weighted by atomic mass is 10.1. The lowest BCUT2D eigenvalue weighted by Gasteiger charge is -2.27. The van der Waals surface area contributed by atoms with Gasteiger partial charge in [0.2, 0.25) is 5.95 Å². The van der Waals surface area contributed by atoms with Crippen LogP contribution in [0, 0.1) is 12.8 Å². The van der Waals surface area contributed by atoms with E-state index in [1.807, 2.05) is 6.07 Å². The zero-order chi connectivity index (χ0) is 27.5. The summed E-state index contributed by atoms with van der Waals surface area (Å²) in [7, 11) is 1.32. The van der Waals surface area contributed by atoms with Crippen molar-refractivity contribution in [1.29, 1.82) is 0 Å². The predicted molar refractivity (Wildman–Crippen MR) is 133 cm³/mol. The van der Waals surface area contributed by atoms with Crippen LogP contribution in [0.15, 0.2) is 36.7 Å². The molecule has 0 bridgehead atoms. The van der Waals surface area contributed by atoms with Crippen LogP contribution in [0.4, 0.5) is 29.6 Å². The average molecular weight is 537 g/mol. The molecule has 1 amide bonds. The van der Waals surface area contributed by atoms with Crippen molar-refractivity contribution in [1.82, 2.24) is 15.0 Å². The van der Waals surface area contributed by atoms with Gasteiger partial charge in [-0.2, -0.15) is 13.2 Å². The molecule has 198 valence electrons. The Balaban J connectivity index is 2.06. The van der Waals surface area contributed by atoms with Crippen LogP contribution in [-0.2, 0) is 26.9 Å². The van der Waals surface area contributed by atoms with Gasteiger partial charge in [0.05, 0.1) is 28.6 Å². The predicted octanol–water partition coefficient (Wildman–Crippen LogP) is 6.35. The van der Waals surface area contributed by atoms with Gasteiger partial charge in [-0.3, -0.25) is 4.79 Å². The highest BCUT2D eigenvalue weighted by Crippen LogP contribution is 2.35. The second kappa shape index (κ2) is 10.8. The monoisotopic (exact) mass is 536 g/mol. The van der Waals surface area contributed by atoms with Gasteiger partial charge in [-0.15, -0.1) is 11.3 Å². The Bertz CT molecular complexity index is 1290. The number of methoxy groups -OCH3 is 1. The average Bonchev–Trinajstić information content (AvgIpc) is 3.25. The molecule has 37 heavy (non-hydrogen) atoms. The van der Waals surface area contributed by atoms with E-state index in [9.17, 15) is 22.8 Å². The van der Waals surface area contributed by atoms with E-state index in [1.54, 1.807) is 52.9 Å². The van der Waals surface area contributed by atoms with Crippen molar-refractivity contribution in [2.45, 2.75) is 52.8 Å². The normalized spacial score (nSPS) is 12.7. The molecule has 8 nitrogen and oxygen atoms in total. The van der Waals surface area contributed by atoms with E-state index in [0.717, 1.165) is 27.6 Å². The number of halogens is 3. The Morgan fingerprint density at radius 1 is 1.14 bits per heavy atom. The van der Waals surface area contributed by atoms with Gasteiger partial charge in [0, 0.05) is 18.8 Å². The third kappa shape index (κ3) is 7.25. The third-order valence-electron chi connectivity index (χ3n) is 4.95. The van der Waals surface area contributed by atoms with Gasteiger partial charge in [0.25, 0.3) is 0 Å². The van der Waals surface area contributed by atoms with Crippen LogP contribution in [0.25, 0.3) is 10.4 Å². The maximum Gasteiger partial charge on any atom is 0.433 e. The summed E-state index contributed by atoms with van der Waals surface area (Å²) in [6, 6.07) is 5.83. The molecule has 0 fully saturated rings. The van der Waals surface area contributed by atoms with Crippen LogP contribution in [-0.4, -0.2) is 39.7 Å². The van der Waals surface area contributed by atoms with E-state index >= 15 is 0 Å². The van der Waals surface area contributed by atoms with Crippen LogP contribution < -0.4 is 4.90 Å². The van der Waals surface area contributed by atoms with Crippen LogP contribution in [0.5, 0.6) is 0 Å². The first kappa shape index (κ1) is 28.0. The maximum atomic E-state index is 13.4. The topological polar surface area (TPSA) is 94.5 Å². The van der Waals surface area contributed by atoms with E-state index in [4.69, 9.17) is 9.47 Å². The van der Waals surface area contributed by atoms with Crippen molar-refractivity contribution in [2.24, 2.45) is 5.92 Å². The van der Waals surface area contributed by atoms with Crippen LogP contribution >= 0.6 is 11.3 Å². The molecule has 0 radical (unpaired) electrons. The lowest BCUT2D eigenvalue weighted by Crippen LogP contribution is -2.35. The molecule has 1 aromatic carbocycles. The fraction of sp³-hybridized carbons (Fsp3) is 0.400. The van der Waals surface area contributed by atoms with E-state index < -0.39 is 29.5 Å². The van der Waals surface area contributed by atoms with E-state index in [1.165, 1.54) is 18.4 Å². The fourth-order valence-corrected chi connectivity index (χ4v) is 4.38. The third-order valence-corrected chi connectivity index (χ3v) is 6.02. The maximum absolute atomic E-state index is 13.4. The quantitative estimate of drug-likeness (QED) is 0.339. The minimum atomic E-state index is -4.73. The van der Waals surface area contributed by atoms with Crippen LogP contribution in [0.1, 0.15) is 44.0 Å². The Kier molecular flexibility index (Phi) is 8.21. The number of anilines is 2. The van der Waals surface area contributed by atoms with Crippen molar-refractivity contribution in [3.8, 4) is 10.4 Å². The number of aromatic nitrogens is 3. The molecule has 0 unspecified atom stereocenters. The summed E-state index contributed by atoms with van der Waals surface area (Å²) in [6.07, 6.45) is -2.69. The molecule has 3 rings (SSSR count). The largest absolute Gasteiger partial charge is 0.469 e. The summed E-state index contributed by atoms with van der Waals surface area (Å²) in [5.41, 5.74) is -0.491. The van der Waals surface area contributed by atoms with E-state index in [0.29, 0.717) is 17.0 Å². The molecular formula is C25H27F3N4O4S. The van der Waals surface area contributed by atoms with Crippen molar-refractivity contribution in [3.05, 3.63) is 52.9 Å². The summed E-state index contributed by atoms with van der Waals surface area (Å²) in [6.45, 7) is 8.46. The Hall–Kier alpha value is -3.54. The number of benzene rings is 1. The molecule has 0 aliphatic carbocycles. The first-order chi connectivity index (χ1) is 17.2. The highest BCUT2D eigenvalue weighted by atomic mass is 32.1. The van der Waals surface area contributed by atoms with Gasteiger partial charge in [0.15, 0.2) is 0 Å². The number of hydrogen-bond donors (Lipinski definition) is 0. The standard InChI is InChI=1S/C25H27F3N4O4S/c1-14-9-16(18-13-30-20(37-18)11-15(2)21(33)35-6)12-17(10-14)32(23(34)36-24(3,4)5)22-29-8-7-19(31-22)25(26,27)28/h7-10,12-13,15H,11H2,1-6H3/t15-/m1/s1. The second-order valence-corrected chi connectivity index (χ2v) is 10.5. The van der Waals surface area contributed by atoms with Crippen molar-refractivity contribution < 1.29 is 32.2 Å². The van der Waals surface area contributed by atoms with Crippen molar-refractivity contribution in [2.75, 3.05) is 12.0 Å². The number of hydrogen-bond acceptors (Lipinski definition) is 8. The second-order valence-electron chi connectivity index (χ2n) is 9.36. The van der Waals surface area contributed by atoms with Gasteiger partial charge in [-0.25, -0.2) is 24.6 Å². The van der Waals surface area contributed by atoms with Crippen molar-refractivity contribution in [3.63, 3.8) is 0 Å². The minimum Gasteiger partial charge on any atom is -0.469 e. The molecule has 2 heterocycles. The number of thiazole rings is 1. The molecule has 0 saturated heterocycles. The summed E-state index contributed by atoms with van der Waals surface area (Å²) in [4.78, 5) is 38.5. The Morgan fingerprint density at radius 2 is 1.84 bits per heavy atom. The molecule has 1 atom stereocenters. The molecule has 0 saturated carbocycles. The number of carbonyl (C=O) groups excluding carboxylic acids is 2. The number of alkyl halides is 3. The first-order valence-electron chi connectivity index (χ1n) is 11.3. The first-order valence-corrected chi connectivity index (χ1v) is 12.1. The lowest BCUT2D eigenvalue weighted by molar-refractivity contribution is -0.144. The SMILES string of the molecule is COC(=O)[C@H](C)Cc1ncc(-c2cc(C)cc(N(C(=O)OC(C)(C)C)c3nccc(C(F)(F)F)n3)c2)s1. The molecule has 0 N–H and O–H groups in total. The number of esters is 1. The number of rotatable bonds is 6. The van der Waals surface area contributed by atoms with Gasteiger partial charge in [0.1, 0.15) is 11.3 Å². The molecule has 12 heteroatoms. The molecule has 3 aromatic rings. The summed E-state index contributed by atoms with van der Waals surface area (Å²) in [5, 5.41) is 0.709. The molecule has 0 aliphatic rings. The highest BCUT2D eigenvalue weighted by Gasteiger charge is 2.35. The number of aryl methyl sites for hydroxylation is 1. The molecule has 0 spiro atoms. The highest BCUT2D eigenvalue weighted by molar-refractivity contribution is 7.15. The van der Waals surface area contributed by atoms with Gasteiger partial charge in [-0.1, -0.05) is 13.0 Å². The fourth-order valence-electron chi connectivity index (χ4n) is 3.34. The Labute approximate surface area is 216 Å². The van der Waals surface area contributed by atoms with E-state index in [2.05, 4.69) is 15.0 Å². The summed E-state index contributed by atoms with van der Waals surface area (Å²) < 4.78 is 50.3. The molecule has 0 aliphatic heterocycles. The van der Waals surface area contributed by atoms with Crippen LogP contribution in [0.2, 0.25) is 0 Å². The zero-order valence-electron chi connectivity index (χ0n) is 21.2. The summed E-state index contributed by atoms with van der Waals surface area (Å²) in [5.74, 6) is -1.20. The van der Waals surface area contributed by atoms with Crippen LogP contribution in [0.3, 0.4) is 0 Å². The number of ether oxygens (including phenoxy) is 2. The van der Waals surface area contributed by atoms with Gasteiger partial charge < -0.3 is 9.47 Å². The zero-order valence-corrected chi connectivity index (χ0v) is 22.0. The van der Waals surface area contributed by atoms with Crippen molar-refractivity contribution >= 4 is 35.0 Å². The van der Waals surface area contributed by atoms with E-state index in [-0.39, 0.29) is 17.6 Å².